The second kappa shape index (κ2) is 4.83. The number of para-hydroxylation sites is 1. The van der Waals surface area contributed by atoms with E-state index in [1.165, 1.54) is 16.8 Å². The lowest BCUT2D eigenvalue weighted by molar-refractivity contribution is 0.194. The number of hydrogen-bond acceptors (Lipinski definition) is 2. The van der Waals surface area contributed by atoms with Crippen molar-refractivity contribution in [1.29, 1.82) is 0 Å². The zero-order chi connectivity index (χ0) is 12.4. The van der Waals surface area contributed by atoms with Crippen molar-refractivity contribution in [2.24, 2.45) is 0 Å². The molecule has 2 aromatic carbocycles. The second-order valence-corrected chi connectivity index (χ2v) is 4.68. The van der Waals surface area contributed by atoms with E-state index in [-0.39, 0.29) is 0 Å². The van der Waals surface area contributed by atoms with Crippen molar-refractivity contribution in [3.8, 4) is 0 Å². The number of aryl methyl sites for hydroxylation is 1. The summed E-state index contributed by atoms with van der Waals surface area (Å²) in [7, 11) is 0. The Morgan fingerprint density at radius 2 is 1.72 bits per heavy atom. The van der Waals surface area contributed by atoms with Gasteiger partial charge in [-0.2, -0.15) is 0 Å². The molecule has 0 aromatic heterocycles. The van der Waals surface area contributed by atoms with Crippen molar-refractivity contribution in [3.63, 3.8) is 0 Å². The summed E-state index contributed by atoms with van der Waals surface area (Å²) in [6.45, 7) is 3.58. The van der Waals surface area contributed by atoms with E-state index in [2.05, 4.69) is 66.4 Å². The van der Waals surface area contributed by atoms with Gasteiger partial charge in [-0.3, -0.25) is 0 Å². The fraction of sp³-hybridized carbons (Fsp3) is 0.250. The predicted molar refractivity (Wildman–Crippen MR) is 73.7 cm³/mol. The lowest BCUT2D eigenvalue weighted by atomic mass is 10.1. The molecule has 92 valence electrons. The number of benzene rings is 2. The molecule has 0 saturated carbocycles. The normalized spacial score (nSPS) is 19.2. The van der Waals surface area contributed by atoms with Gasteiger partial charge in [0.05, 0.1) is 12.6 Å². The Balaban J connectivity index is 1.95. The van der Waals surface area contributed by atoms with Crippen LogP contribution in [0.5, 0.6) is 0 Å². The van der Waals surface area contributed by atoms with Gasteiger partial charge in [0.1, 0.15) is 6.73 Å². The average molecular weight is 239 g/mol. The Morgan fingerprint density at radius 3 is 2.50 bits per heavy atom. The predicted octanol–water partition coefficient (Wildman–Crippen LogP) is 3.53. The van der Waals surface area contributed by atoms with Gasteiger partial charge in [0.15, 0.2) is 0 Å². The van der Waals surface area contributed by atoms with Crippen LogP contribution < -0.4 is 4.90 Å². The first kappa shape index (κ1) is 11.3. The SMILES string of the molecule is Cc1ccccc1N1COCC1c1ccccc1. The molecule has 1 heterocycles. The van der Waals surface area contributed by atoms with Gasteiger partial charge in [-0.25, -0.2) is 0 Å². The van der Waals surface area contributed by atoms with E-state index in [0.717, 1.165) is 6.61 Å². The molecule has 1 unspecified atom stereocenters. The molecule has 0 amide bonds. The third-order valence-electron chi connectivity index (χ3n) is 3.49. The van der Waals surface area contributed by atoms with E-state index in [4.69, 9.17) is 4.74 Å². The van der Waals surface area contributed by atoms with Gasteiger partial charge in [-0.05, 0) is 24.1 Å². The van der Waals surface area contributed by atoms with Gasteiger partial charge in [0.25, 0.3) is 0 Å². The van der Waals surface area contributed by atoms with E-state index >= 15 is 0 Å². The first-order chi connectivity index (χ1) is 8.86. The summed E-state index contributed by atoms with van der Waals surface area (Å²) in [4.78, 5) is 2.34. The highest BCUT2D eigenvalue weighted by atomic mass is 16.5. The monoisotopic (exact) mass is 239 g/mol. The lowest BCUT2D eigenvalue weighted by Gasteiger charge is -2.26. The summed E-state index contributed by atoms with van der Waals surface area (Å²) >= 11 is 0. The topological polar surface area (TPSA) is 12.5 Å². The Bertz CT molecular complexity index is 524. The average Bonchev–Trinajstić information content (AvgIpc) is 2.89. The van der Waals surface area contributed by atoms with E-state index < -0.39 is 0 Å². The minimum Gasteiger partial charge on any atom is -0.359 e. The minimum atomic E-state index is 0.326. The van der Waals surface area contributed by atoms with Crippen LogP contribution in [0.25, 0.3) is 0 Å². The Labute approximate surface area is 108 Å². The lowest BCUT2D eigenvalue weighted by Crippen LogP contribution is -2.24. The Morgan fingerprint density at radius 1 is 1.00 bits per heavy atom. The Kier molecular flexibility index (Phi) is 3.03. The van der Waals surface area contributed by atoms with Gasteiger partial charge in [-0.15, -0.1) is 0 Å². The van der Waals surface area contributed by atoms with Crippen LogP contribution in [0.2, 0.25) is 0 Å². The summed E-state index contributed by atoms with van der Waals surface area (Å²) in [6, 6.07) is 19.4. The molecule has 1 aliphatic heterocycles. The molecule has 2 aromatic rings. The third kappa shape index (κ3) is 2.00. The molecular weight excluding hydrogens is 222 g/mol. The molecule has 1 saturated heterocycles. The van der Waals surface area contributed by atoms with Crippen molar-refractivity contribution in [3.05, 3.63) is 65.7 Å². The number of nitrogens with zero attached hydrogens (tertiary/aromatic N) is 1. The van der Waals surface area contributed by atoms with E-state index in [1.807, 2.05) is 0 Å². The first-order valence-electron chi connectivity index (χ1n) is 6.31. The maximum Gasteiger partial charge on any atom is 0.119 e. The molecule has 0 aliphatic carbocycles. The highest BCUT2D eigenvalue weighted by molar-refractivity contribution is 5.55. The van der Waals surface area contributed by atoms with Gasteiger partial charge in [-0.1, -0.05) is 48.5 Å². The van der Waals surface area contributed by atoms with Crippen molar-refractivity contribution in [1.82, 2.24) is 0 Å². The van der Waals surface area contributed by atoms with Crippen LogP contribution in [0.3, 0.4) is 0 Å². The van der Waals surface area contributed by atoms with Crippen molar-refractivity contribution in [2.45, 2.75) is 13.0 Å². The molecule has 2 nitrogen and oxygen atoms in total. The summed E-state index contributed by atoms with van der Waals surface area (Å²) in [5.74, 6) is 0. The number of anilines is 1. The Hall–Kier alpha value is -1.80. The van der Waals surface area contributed by atoms with E-state index in [0.29, 0.717) is 12.8 Å². The second-order valence-electron chi connectivity index (χ2n) is 4.68. The van der Waals surface area contributed by atoms with E-state index in [1.54, 1.807) is 0 Å². The minimum absolute atomic E-state index is 0.326. The first-order valence-corrected chi connectivity index (χ1v) is 6.31. The van der Waals surface area contributed by atoms with Gasteiger partial charge in [0.2, 0.25) is 0 Å². The largest absolute Gasteiger partial charge is 0.359 e. The van der Waals surface area contributed by atoms with Crippen molar-refractivity contribution in [2.75, 3.05) is 18.2 Å². The molecule has 3 rings (SSSR count). The molecule has 0 N–H and O–H groups in total. The van der Waals surface area contributed by atoms with Crippen LogP contribution in [-0.4, -0.2) is 13.3 Å². The van der Waals surface area contributed by atoms with Crippen molar-refractivity contribution < 1.29 is 4.74 Å². The van der Waals surface area contributed by atoms with Crippen LogP contribution in [0.1, 0.15) is 17.2 Å². The number of hydrogen-bond donors (Lipinski definition) is 0. The van der Waals surface area contributed by atoms with Crippen LogP contribution in [0.15, 0.2) is 54.6 Å². The van der Waals surface area contributed by atoms with Crippen LogP contribution in [0, 0.1) is 6.92 Å². The van der Waals surface area contributed by atoms with Crippen LogP contribution >= 0.6 is 0 Å². The van der Waals surface area contributed by atoms with Crippen molar-refractivity contribution >= 4 is 5.69 Å². The van der Waals surface area contributed by atoms with E-state index in [9.17, 15) is 0 Å². The highest BCUT2D eigenvalue weighted by Gasteiger charge is 2.27. The molecule has 1 aliphatic rings. The number of rotatable bonds is 2. The molecule has 0 spiro atoms. The van der Waals surface area contributed by atoms with Gasteiger partial charge >= 0.3 is 0 Å². The summed E-state index contributed by atoms with van der Waals surface area (Å²) in [6.07, 6.45) is 0. The number of ether oxygens (including phenoxy) is 1. The summed E-state index contributed by atoms with van der Waals surface area (Å²) in [5, 5.41) is 0. The molecule has 2 heteroatoms. The molecule has 1 atom stereocenters. The fourth-order valence-electron chi connectivity index (χ4n) is 2.52. The smallest absolute Gasteiger partial charge is 0.119 e. The maximum absolute atomic E-state index is 5.66. The molecule has 18 heavy (non-hydrogen) atoms. The maximum atomic E-state index is 5.66. The van der Waals surface area contributed by atoms with Crippen LogP contribution in [0.4, 0.5) is 5.69 Å². The van der Waals surface area contributed by atoms with Crippen LogP contribution in [-0.2, 0) is 4.74 Å². The summed E-state index contributed by atoms with van der Waals surface area (Å²) < 4.78 is 5.66. The highest BCUT2D eigenvalue weighted by Crippen LogP contribution is 2.33. The van der Waals surface area contributed by atoms with Gasteiger partial charge in [0, 0.05) is 5.69 Å². The standard InChI is InChI=1S/C16H17NO/c1-13-7-5-6-10-15(13)17-12-18-11-16(17)14-8-3-2-4-9-14/h2-10,16H,11-12H2,1H3. The van der Waals surface area contributed by atoms with Gasteiger partial charge < -0.3 is 9.64 Å². The quantitative estimate of drug-likeness (QED) is 0.795. The molecule has 0 radical (unpaired) electrons. The fourth-order valence-corrected chi connectivity index (χ4v) is 2.52. The molecular formula is C16H17NO. The third-order valence-corrected chi connectivity index (χ3v) is 3.49. The zero-order valence-corrected chi connectivity index (χ0v) is 10.5. The molecule has 0 bridgehead atoms. The summed E-state index contributed by atoms with van der Waals surface area (Å²) in [5.41, 5.74) is 3.88. The molecule has 1 fully saturated rings. The zero-order valence-electron chi connectivity index (χ0n) is 10.5.